The number of aromatic amines is 1. The lowest BCUT2D eigenvalue weighted by molar-refractivity contribution is 0.0933. The molecular formula is C10H12N2O2S. The summed E-state index contributed by atoms with van der Waals surface area (Å²) >= 11 is 1.62. The minimum Gasteiger partial charge on any atom is -0.383 e. The van der Waals surface area contributed by atoms with E-state index in [1.54, 1.807) is 18.4 Å². The van der Waals surface area contributed by atoms with E-state index >= 15 is 0 Å². The maximum absolute atomic E-state index is 11.6. The molecule has 0 aliphatic rings. The summed E-state index contributed by atoms with van der Waals surface area (Å²) in [7, 11) is 1.61. The highest BCUT2D eigenvalue weighted by atomic mass is 32.1. The zero-order valence-electron chi connectivity index (χ0n) is 8.37. The maximum atomic E-state index is 11.6. The molecule has 0 unspecified atom stereocenters. The van der Waals surface area contributed by atoms with E-state index in [1.165, 1.54) is 0 Å². The van der Waals surface area contributed by atoms with Gasteiger partial charge in [0.2, 0.25) is 0 Å². The lowest BCUT2D eigenvalue weighted by atomic mass is 10.4. The monoisotopic (exact) mass is 224 g/mol. The van der Waals surface area contributed by atoms with Crippen molar-refractivity contribution in [2.24, 2.45) is 0 Å². The maximum Gasteiger partial charge on any atom is 0.267 e. The summed E-state index contributed by atoms with van der Waals surface area (Å²) in [6, 6.07) is 3.83. The molecule has 0 bridgehead atoms. The van der Waals surface area contributed by atoms with E-state index in [1.807, 2.05) is 17.5 Å². The van der Waals surface area contributed by atoms with E-state index < -0.39 is 0 Å². The lowest BCUT2D eigenvalue weighted by Crippen LogP contribution is -2.27. The molecule has 0 aliphatic heterocycles. The highest BCUT2D eigenvalue weighted by Crippen LogP contribution is 2.20. The molecule has 2 heterocycles. The minimum absolute atomic E-state index is 0.0875. The number of amides is 1. The number of hydrogen-bond acceptors (Lipinski definition) is 3. The van der Waals surface area contributed by atoms with Crippen molar-refractivity contribution in [1.82, 2.24) is 10.3 Å². The smallest absolute Gasteiger partial charge is 0.267 e. The van der Waals surface area contributed by atoms with Gasteiger partial charge in [0.15, 0.2) is 0 Å². The van der Waals surface area contributed by atoms with Crippen molar-refractivity contribution in [1.29, 1.82) is 0 Å². The first-order valence-electron chi connectivity index (χ1n) is 4.64. The van der Waals surface area contributed by atoms with E-state index in [2.05, 4.69) is 10.3 Å². The Labute approximate surface area is 91.2 Å². The Morgan fingerprint density at radius 3 is 3.27 bits per heavy atom. The molecule has 4 nitrogen and oxygen atoms in total. The Morgan fingerprint density at radius 1 is 1.67 bits per heavy atom. The highest BCUT2D eigenvalue weighted by Gasteiger charge is 2.08. The van der Waals surface area contributed by atoms with E-state index in [0.717, 1.165) is 10.2 Å². The Balaban J connectivity index is 2.04. The molecule has 2 aromatic heterocycles. The first-order valence-corrected chi connectivity index (χ1v) is 5.52. The van der Waals surface area contributed by atoms with E-state index in [0.29, 0.717) is 18.8 Å². The van der Waals surface area contributed by atoms with Crippen LogP contribution in [-0.2, 0) is 4.74 Å². The topological polar surface area (TPSA) is 54.1 Å². The molecule has 0 saturated heterocycles. The van der Waals surface area contributed by atoms with Crippen LogP contribution in [0.4, 0.5) is 0 Å². The first kappa shape index (κ1) is 10.2. The summed E-state index contributed by atoms with van der Waals surface area (Å²) in [6.07, 6.45) is 0. The fourth-order valence-corrected chi connectivity index (χ4v) is 2.12. The zero-order chi connectivity index (χ0) is 10.7. The third-order valence-corrected chi connectivity index (χ3v) is 2.94. The molecule has 0 spiro atoms. The summed E-state index contributed by atoms with van der Waals surface area (Å²) in [5.41, 5.74) is 1.62. The zero-order valence-corrected chi connectivity index (χ0v) is 9.19. The quantitative estimate of drug-likeness (QED) is 0.775. The number of thiophene rings is 1. The Kier molecular flexibility index (Phi) is 3.03. The van der Waals surface area contributed by atoms with Crippen LogP contribution < -0.4 is 5.32 Å². The molecule has 1 amide bonds. The van der Waals surface area contributed by atoms with Gasteiger partial charge in [-0.3, -0.25) is 4.79 Å². The van der Waals surface area contributed by atoms with Crippen molar-refractivity contribution in [2.45, 2.75) is 0 Å². The van der Waals surface area contributed by atoms with Crippen LogP contribution in [0.2, 0.25) is 0 Å². The number of hydrogen-bond donors (Lipinski definition) is 2. The largest absolute Gasteiger partial charge is 0.383 e. The van der Waals surface area contributed by atoms with Gasteiger partial charge in [-0.2, -0.15) is 0 Å². The summed E-state index contributed by atoms with van der Waals surface area (Å²) in [6.45, 7) is 1.06. The van der Waals surface area contributed by atoms with Crippen LogP contribution in [0.25, 0.3) is 10.2 Å². The number of nitrogens with one attached hydrogen (secondary N) is 2. The molecule has 5 heteroatoms. The molecule has 0 aliphatic carbocycles. The van der Waals surface area contributed by atoms with Crippen molar-refractivity contribution in [2.75, 3.05) is 20.3 Å². The Bertz CT molecular complexity index is 432. The number of methoxy groups -OCH3 is 1. The summed E-state index contributed by atoms with van der Waals surface area (Å²) < 4.78 is 5.95. The second kappa shape index (κ2) is 4.46. The number of aromatic nitrogens is 1. The van der Waals surface area contributed by atoms with Gasteiger partial charge in [-0.1, -0.05) is 0 Å². The van der Waals surface area contributed by atoms with E-state index in [-0.39, 0.29) is 5.91 Å². The van der Waals surface area contributed by atoms with Crippen LogP contribution in [0.3, 0.4) is 0 Å². The van der Waals surface area contributed by atoms with Gasteiger partial charge < -0.3 is 15.0 Å². The molecule has 0 radical (unpaired) electrons. The van der Waals surface area contributed by atoms with Crippen LogP contribution in [0.15, 0.2) is 17.5 Å². The van der Waals surface area contributed by atoms with Crippen LogP contribution in [0.5, 0.6) is 0 Å². The van der Waals surface area contributed by atoms with Crippen LogP contribution in [0, 0.1) is 0 Å². The second-order valence-electron chi connectivity index (χ2n) is 3.13. The lowest BCUT2D eigenvalue weighted by Gasteiger charge is -2.01. The summed E-state index contributed by atoms with van der Waals surface area (Å²) in [5.74, 6) is -0.0875. The molecule has 15 heavy (non-hydrogen) atoms. The normalized spacial score (nSPS) is 10.7. The Hall–Kier alpha value is -1.33. The summed E-state index contributed by atoms with van der Waals surface area (Å²) in [4.78, 5) is 14.7. The van der Waals surface area contributed by atoms with Crippen molar-refractivity contribution >= 4 is 27.5 Å². The molecule has 80 valence electrons. The van der Waals surface area contributed by atoms with Gasteiger partial charge in [-0.05, 0) is 17.5 Å². The fourth-order valence-electron chi connectivity index (χ4n) is 1.33. The molecular weight excluding hydrogens is 212 g/mol. The van der Waals surface area contributed by atoms with Gasteiger partial charge >= 0.3 is 0 Å². The van der Waals surface area contributed by atoms with Crippen LogP contribution in [-0.4, -0.2) is 31.2 Å². The number of carbonyl (C=O) groups is 1. The van der Waals surface area contributed by atoms with Crippen LogP contribution >= 0.6 is 11.3 Å². The third kappa shape index (κ3) is 2.19. The number of rotatable bonds is 4. The third-order valence-electron chi connectivity index (χ3n) is 2.08. The number of ether oxygens (including phenoxy) is 1. The molecule has 0 fully saturated rings. The average Bonchev–Trinajstić information content (AvgIpc) is 2.76. The van der Waals surface area contributed by atoms with Crippen molar-refractivity contribution in [3.8, 4) is 0 Å². The predicted molar refractivity (Wildman–Crippen MR) is 60.4 cm³/mol. The molecule has 2 N–H and O–H groups in total. The average molecular weight is 224 g/mol. The molecule has 0 aromatic carbocycles. The standard InChI is InChI=1S/C10H12N2O2S/c1-14-4-3-11-10(13)8-6-9-7(12-8)2-5-15-9/h2,5-6,12H,3-4H2,1H3,(H,11,13). The molecule has 0 saturated carbocycles. The van der Waals surface area contributed by atoms with Crippen molar-refractivity contribution < 1.29 is 9.53 Å². The summed E-state index contributed by atoms with van der Waals surface area (Å²) in [5, 5.41) is 4.75. The van der Waals surface area contributed by atoms with Gasteiger partial charge in [-0.15, -0.1) is 11.3 Å². The Morgan fingerprint density at radius 2 is 2.53 bits per heavy atom. The number of H-pyrrole nitrogens is 1. The number of fused-ring (bicyclic) bond motifs is 1. The van der Waals surface area contributed by atoms with Gasteiger partial charge in [0, 0.05) is 13.7 Å². The first-order chi connectivity index (χ1) is 7.31. The van der Waals surface area contributed by atoms with E-state index in [4.69, 9.17) is 4.74 Å². The van der Waals surface area contributed by atoms with E-state index in [9.17, 15) is 4.79 Å². The SMILES string of the molecule is COCCNC(=O)c1cc2sccc2[nH]1. The van der Waals surface area contributed by atoms with Gasteiger partial charge in [0.25, 0.3) is 5.91 Å². The molecule has 2 rings (SSSR count). The van der Waals surface area contributed by atoms with Crippen LogP contribution in [0.1, 0.15) is 10.5 Å². The molecule has 0 atom stereocenters. The van der Waals surface area contributed by atoms with Crippen molar-refractivity contribution in [3.05, 3.63) is 23.2 Å². The second-order valence-corrected chi connectivity index (χ2v) is 4.08. The predicted octanol–water partition coefficient (Wildman–Crippen LogP) is 1.61. The minimum atomic E-state index is -0.0875. The van der Waals surface area contributed by atoms with Gasteiger partial charge in [-0.25, -0.2) is 0 Å². The highest BCUT2D eigenvalue weighted by molar-refractivity contribution is 7.17. The van der Waals surface area contributed by atoms with Crippen molar-refractivity contribution in [3.63, 3.8) is 0 Å². The fraction of sp³-hybridized carbons (Fsp3) is 0.300. The van der Waals surface area contributed by atoms with Gasteiger partial charge in [0.1, 0.15) is 5.69 Å². The number of carbonyl (C=O) groups excluding carboxylic acids is 1. The van der Waals surface area contributed by atoms with Gasteiger partial charge in [0.05, 0.1) is 16.8 Å². The molecule has 2 aromatic rings.